The van der Waals surface area contributed by atoms with E-state index in [0.717, 1.165) is 0 Å². The summed E-state index contributed by atoms with van der Waals surface area (Å²) < 4.78 is 16.4. The molecule has 1 aliphatic rings. The molecule has 7 heteroatoms. The van der Waals surface area contributed by atoms with Gasteiger partial charge in [-0.05, 0) is 24.8 Å². The summed E-state index contributed by atoms with van der Waals surface area (Å²) in [4.78, 5) is 23.8. The van der Waals surface area contributed by atoms with Crippen LogP contribution in [0, 0.1) is 0 Å². The Morgan fingerprint density at radius 3 is 2.46 bits per heavy atom. The molecular formula is C17H22O6S. The second-order valence-corrected chi connectivity index (χ2v) is 6.92. The van der Waals surface area contributed by atoms with Crippen LogP contribution in [-0.4, -0.2) is 52.6 Å². The lowest BCUT2D eigenvalue weighted by molar-refractivity contribution is -0.229. The minimum Gasteiger partial charge on any atom is -0.457 e. The number of benzene rings is 1. The van der Waals surface area contributed by atoms with Gasteiger partial charge in [-0.3, -0.25) is 4.79 Å². The molecule has 1 fully saturated rings. The largest absolute Gasteiger partial charge is 0.457 e. The van der Waals surface area contributed by atoms with E-state index in [1.807, 2.05) is 6.92 Å². The number of thioether (sulfide) groups is 1. The summed E-state index contributed by atoms with van der Waals surface area (Å²) in [5.41, 5.74) is 0.400. The van der Waals surface area contributed by atoms with Crippen LogP contribution in [0.2, 0.25) is 0 Å². The first-order valence-electron chi connectivity index (χ1n) is 7.82. The fraction of sp³-hybridized carbons (Fsp3) is 0.529. The maximum absolute atomic E-state index is 12.3. The molecule has 1 aromatic rings. The minimum atomic E-state index is -1.10. The smallest absolute Gasteiger partial charge is 0.338 e. The Hall–Kier alpha value is -1.57. The standard InChI is InChI=1S/C17H22O6S/c1-4-24-15-14(22-11(3)18)13(10(2)21-17(15)20)23-16(19)12-8-6-5-7-9-12/h5-10,13-15,17,20H,4H2,1-3H3/t10-,13-,14+,15-,17-/m0/s1. The van der Waals surface area contributed by atoms with Gasteiger partial charge in [0, 0.05) is 6.92 Å². The van der Waals surface area contributed by atoms with Gasteiger partial charge in [-0.15, -0.1) is 11.8 Å². The zero-order chi connectivity index (χ0) is 17.7. The summed E-state index contributed by atoms with van der Waals surface area (Å²) >= 11 is 1.40. The molecule has 0 saturated carbocycles. The van der Waals surface area contributed by atoms with Gasteiger partial charge in [0.05, 0.1) is 16.9 Å². The molecule has 0 unspecified atom stereocenters. The van der Waals surface area contributed by atoms with E-state index in [4.69, 9.17) is 14.2 Å². The Balaban J connectivity index is 2.22. The summed E-state index contributed by atoms with van der Waals surface area (Å²) in [6, 6.07) is 8.56. The second kappa shape index (κ2) is 8.50. The lowest BCUT2D eigenvalue weighted by atomic mass is 10.0. The van der Waals surface area contributed by atoms with Crippen molar-refractivity contribution in [2.24, 2.45) is 0 Å². The van der Waals surface area contributed by atoms with Crippen molar-refractivity contribution in [3.05, 3.63) is 35.9 Å². The lowest BCUT2D eigenvalue weighted by Gasteiger charge is -2.42. The highest BCUT2D eigenvalue weighted by atomic mass is 32.2. The minimum absolute atomic E-state index is 0.400. The Bertz CT molecular complexity index is 563. The quantitative estimate of drug-likeness (QED) is 0.810. The number of esters is 2. The molecule has 6 nitrogen and oxygen atoms in total. The Labute approximate surface area is 145 Å². The van der Waals surface area contributed by atoms with Crippen LogP contribution < -0.4 is 0 Å². The molecule has 1 N–H and O–H groups in total. The van der Waals surface area contributed by atoms with Crippen LogP contribution in [0.5, 0.6) is 0 Å². The second-order valence-electron chi connectivity index (χ2n) is 5.46. The molecule has 1 saturated heterocycles. The summed E-state index contributed by atoms with van der Waals surface area (Å²) in [6.07, 6.45) is -3.28. The number of rotatable bonds is 5. The molecule has 1 aliphatic heterocycles. The average Bonchev–Trinajstić information content (AvgIpc) is 2.55. The third-order valence-electron chi connectivity index (χ3n) is 3.66. The Morgan fingerprint density at radius 2 is 1.88 bits per heavy atom. The molecule has 0 aliphatic carbocycles. The van der Waals surface area contributed by atoms with Gasteiger partial charge in [0.1, 0.15) is 0 Å². The molecule has 5 atom stereocenters. The highest BCUT2D eigenvalue weighted by Gasteiger charge is 2.48. The van der Waals surface area contributed by atoms with E-state index in [1.165, 1.54) is 18.7 Å². The molecular weight excluding hydrogens is 332 g/mol. The van der Waals surface area contributed by atoms with Crippen molar-refractivity contribution < 1.29 is 28.9 Å². The number of ether oxygens (including phenoxy) is 3. The predicted octanol–water partition coefficient (Wildman–Crippen LogP) is 2.00. The van der Waals surface area contributed by atoms with Crippen LogP contribution in [0.1, 0.15) is 31.1 Å². The van der Waals surface area contributed by atoms with Crippen LogP contribution in [0.3, 0.4) is 0 Å². The van der Waals surface area contributed by atoms with Crippen molar-refractivity contribution >= 4 is 23.7 Å². The summed E-state index contributed by atoms with van der Waals surface area (Å²) in [5, 5.41) is 9.62. The molecule has 132 valence electrons. The summed E-state index contributed by atoms with van der Waals surface area (Å²) in [5.74, 6) is -0.329. The molecule has 0 spiro atoms. The van der Waals surface area contributed by atoms with E-state index in [2.05, 4.69) is 0 Å². The third kappa shape index (κ3) is 4.49. The topological polar surface area (TPSA) is 82.1 Å². The first-order chi connectivity index (χ1) is 11.4. The van der Waals surface area contributed by atoms with E-state index in [-0.39, 0.29) is 0 Å². The number of carbonyl (C=O) groups is 2. The van der Waals surface area contributed by atoms with E-state index >= 15 is 0 Å². The Kier molecular flexibility index (Phi) is 6.65. The average molecular weight is 354 g/mol. The third-order valence-corrected chi connectivity index (χ3v) is 4.88. The van der Waals surface area contributed by atoms with Crippen LogP contribution >= 0.6 is 11.8 Å². The first-order valence-corrected chi connectivity index (χ1v) is 8.87. The van der Waals surface area contributed by atoms with E-state index in [9.17, 15) is 14.7 Å². The highest BCUT2D eigenvalue weighted by Crippen LogP contribution is 2.33. The van der Waals surface area contributed by atoms with Gasteiger partial charge < -0.3 is 19.3 Å². The summed E-state index contributed by atoms with van der Waals surface area (Å²) in [7, 11) is 0. The number of aliphatic hydroxyl groups is 1. The first kappa shape index (κ1) is 18.8. The van der Waals surface area contributed by atoms with Gasteiger partial charge in [0.15, 0.2) is 18.5 Å². The zero-order valence-electron chi connectivity index (χ0n) is 13.9. The Morgan fingerprint density at radius 1 is 1.21 bits per heavy atom. The van der Waals surface area contributed by atoms with Crippen molar-refractivity contribution in [2.45, 2.75) is 50.6 Å². The van der Waals surface area contributed by atoms with Gasteiger partial charge in [-0.25, -0.2) is 4.79 Å². The van der Waals surface area contributed by atoms with Crippen molar-refractivity contribution in [1.29, 1.82) is 0 Å². The normalized spacial score (nSPS) is 29.8. The monoisotopic (exact) mass is 354 g/mol. The van der Waals surface area contributed by atoms with E-state index < -0.39 is 41.8 Å². The molecule has 24 heavy (non-hydrogen) atoms. The van der Waals surface area contributed by atoms with Crippen molar-refractivity contribution in [3.63, 3.8) is 0 Å². The van der Waals surface area contributed by atoms with Gasteiger partial charge >= 0.3 is 11.9 Å². The van der Waals surface area contributed by atoms with Crippen molar-refractivity contribution in [1.82, 2.24) is 0 Å². The number of carbonyl (C=O) groups excluding carboxylic acids is 2. The van der Waals surface area contributed by atoms with Crippen LogP contribution in [0.4, 0.5) is 0 Å². The molecule has 0 amide bonds. The molecule has 1 aromatic carbocycles. The molecule has 0 aromatic heterocycles. The molecule has 1 heterocycles. The maximum atomic E-state index is 12.3. The maximum Gasteiger partial charge on any atom is 0.338 e. The fourth-order valence-electron chi connectivity index (χ4n) is 2.62. The summed E-state index contributed by atoms with van der Waals surface area (Å²) in [6.45, 7) is 4.89. The fourth-order valence-corrected chi connectivity index (χ4v) is 3.63. The molecule has 2 rings (SSSR count). The molecule has 0 bridgehead atoms. The zero-order valence-corrected chi connectivity index (χ0v) is 14.7. The van der Waals surface area contributed by atoms with Gasteiger partial charge in [0.25, 0.3) is 0 Å². The van der Waals surface area contributed by atoms with Gasteiger partial charge in [-0.2, -0.15) is 0 Å². The van der Waals surface area contributed by atoms with Gasteiger partial charge in [-0.1, -0.05) is 25.1 Å². The number of aliphatic hydroxyl groups excluding tert-OH is 1. The lowest BCUT2D eigenvalue weighted by Crippen LogP contribution is -2.58. The van der Waals surface area contributed by atoms with Crippen LogP contribution in [0.15, 0.2) is 30.3 Å². The number of hydrogen-bond donors (Lipinski definition) is 1. The van der Waals surface area contributed by atoms with Crippen molar-refractivity contribution in [3.8, 4) is 0 Å². The van der Waals surface area contributed by atoms with Crippen LogP contribution in [-0.2, 0) is 19.0 Å². The van der Waals surface area contributed by atoms with Crippen molar-refractivity contribution in [2.75, 3.05) is 5.75 Å². The van der Waals surface area contributed by atoms with E-state index in [1.54, 1.807) is 37.3 Å². The predicted molar refractivity (Wildman–Crippen MR) is 89.7 cm³/mol. The highest BCUT2D eigenvalue weighted by molar-refractivity contribution is 7.99. The van der Waals surface area contributed by atoms with E-state index in [0.29, 0.717) is 11.3 Å². The van der Waals surface area contributed by atoms with Gasteiger partial charge in [0.2, 0.25) is 0 Å². The SMILES string of the molecule is CCS[C@H]1[C@H](OC(C)=O)[C@@H](OC(=O)c2ccccc2)[C@H](C)O[C@@H]1O. The molecule has 0 radical (unpaired) electrons. The number of hydrogen-bond acceptors (Lipinski definition) is 7. The van der Waals surface area contributed by atoms with Crippen LogP contribution in [0.25, 0.3) is 0 Å².